The van der Waals surface area contributed by atoms with Gasteiger partial charge in [-0.1, -0.05) is 12.1 Å². The fourth-order valence-electron chi connectivity index (χ4n) is 2.84. The van der Waals surface area contributed by atoms with E-state index in [1.807, 2.05) is 6.07 Å². The topological polar surface area (TPSA) is 26.7 Å². The Kier molecular flexibility index (Phi) is 3.00. The van der Waals surface area contributed by atoms with E-state index in [4.69, 9.17) is 0 Å². The van der Waals surface area contributed by atoms with Gasteiger partial charge in [-0.05, 0) is 37.6 Å². The number of benzene rings is 1. The molecule has 1 fully saturated rings. The van der Waals surface area contributed by atoms with Crippen LogP contribution in [-0.4, -0.2) is 48.1 Å². The van der Waals surface area contributed by atoms with Crippen LogP contribution in [0.15, 0.2) is 24.3 Å². The van der Waals surface area contributed by atoms with E-state index in [9.17, 15) is 5.11 Å². The van der Waals surface area contributed by atoms with Gasteiger partial charge in [0.25, 0.3) is 0 Å². The largest absolute Gasteiger partial charge is 0.508 e. The molecule has 18 heavy (non-hydrogen) atoms. The van der Waals surface area contributed by atoms with Crippen molar-refractivity contribution < 1.29 is 5.11 Å². The fraction of sp³-hybridized carbons (Fsp3) is 0.467. The molecule has 0 radical (unpaired) electrons. The standard InChI is InChI=1S/C15H20N2O/c1-16-7-9-17(10-8-16)15-4-2-3-12-5-6-13(18)11-14(12)15/h4-6,11,18H,2-3,7-10H2,1H3. The summed E-state index contributed by atoms with van der Waals surface area (Å²) in [5, 5.41) is 9.69. The molecular weight excluding hydrogens is 224 g/mol. The maximum absolute atomic E-state index is 9.69. The molecule has 3 nitrogen and oxygen atoms in total. The van der Waals surface area contributed by atoms with Crippen molar-refractivity contribution in [3.63, 3.8) is 0 Å². The molecule has 1 saturated heterocycles. The zero-order chi connectivity index (χ0) is 12.5. The van der Waals surface area contributed by atoms with Crippen molar-refractivity contribution in [2.24, 2.45) is 0 Å². The van der Waals surface area contributed by atoms with E-state index in [1.54, 1.807) is 6.07 Å². The lowest BCUT2D eigenvalue weighted by Crippen LogP contribution is -2.43. The molecule has 1 aliphatic heterocycles. The lowest BCUT2D eigenvalue weighted by molar-refractivity contribution is 0.206. The molecule has 1 aromatic rings. The van der Waals surface area contributed by atoms with Crippen LogP contribution >= 0.6 is 0 Å². The van der Waals surface area contributed by atoms with Gasteiger partial charge in [-0.25, -0.2) is 0 Å². The van der Waals surface area contributed by atoms with E-state index in [0.717, 1.165) is 39.0 Å². The van der Waals surface area contributed by atoms with Gasteiger partial charge in [0.05, 0.1) is 0 Å². The molecule has 1 aromatic carbocycles. The summed E-state index contributed by atoms with van der Waals surface area (Å²) in [5.41, 5.74) is 3.91. The molecule has 1 aliphatic carbocycles. The highest BCUT2D eigenvalue weighted by molar-refractivity contribution is 5.70. The molecule has 3 rings (SSSR count). The van der Waals surface area contributed by atoms with Crippen LogP contribution in [0, 0.1) is 0 Å². The second-order valence-corrected chi connectivity index (χ2v) is 5.26. The van der Waals surface area contributed by atoms with Gasteiger partial charge in [-0.3, -0.25) is 0 Å². The monoisotopic (exact) mass is 244 g/mol. The van der Waals surface area contributed by atoms with Crippen LogP contribution in [0.5, 0.6) is 5.75 Å². The minimum absolute atomic E-state index is 0.371. The molecule has 1 N–H and O–H groups in total. The van der Waals surface area contributed by atoms with Crippen molar-refractivity contribution in [2.75, 3.05) is 33.2 Å². The molecule has 3 heteroatoms. The smallest absolute Gasteiger partial charge is 0.116 e. The molecule has 96 valence electrons. The quantitative estimate of drug-likeness (QED) is 0.817. The zero-order valence-electron chi connectivity index (χ0n) is 10.9. The van der Waals surface area contributed by atoms with Gasteiger partial charge in [0.2, 0.25) is 0 Å². The van der Waals surface area contributed by atoms with Crippen molar-refractivity contribution >= 4 is 5.70 Å². The SMILES string of the molecule is CN1CCN(C2=CCCc3ccc(O)cc32)CC1. The third-order valence-electron chi connectivity index (χ3n) is 3.96. The van der Waals surface area contributed by atoms with Crippen LogP contribution in [0.1, 0.15) is 17.5 Å². The molecule has 0 spiro atoms. The molecule has 0 bridgehead atoms. The number of nitrogens with zero attached hydrogens (tertiary/aromatic N) is 2. The highest BCUT2D eigenvalue weighted by Crippen LogP contribution is 2.32. The first-order valence-corrected chi connectivity index (χ1v) is 6.70. The summed E-state index contributed by atoms with van der Waals surface area (Å²) in [6.45, 7) is 4.39. The lowest BCUT2D eigenvalue weighted by Gasteiger charge is -2.37. The van der Waals surface area contributed by atoms with Crippen molar-refractivity contribution in [3.05, 3.63) is 35.4 Å². The number of rotatable bonds is 1. The van der Waals surface area contributed by atoms with Gasteiger partial charge < -0.3 is 14.9 Å². The van der Waals surface area contributed by atoms with E-state index in [0.29, 0.717) is 5.75 Å². The summed E-state index contributed by atoms with van der Waals surface area (Å²) in [6.07, 6.45) is 4.53. The van der Waals surface area contributed by atoms with Crippen LogP contribution < -0.4 is 0 Å². The maximum atomic E-state index is 9.69. The number of aromatic hydroxyl groups is 1. The van der Waals surface area contributed by atoms with Crippen molar-refractivity contribution in [1.29, 1.82) is 0 Å². The zero-order valence-corrected chi connectivity index (χ0v) is 10.9. The Morgan fingerprint density at radius 2 is 1.89 bits per heavy atom. The van der Waals surface area contributed by atoms with Gasteiger partial charge >= 0.3 is 0 Å². The first-order chi connectivity index (χ1) is 8.74. The third kappa shape index (κ3) is 2.10. The van der Waals surface area contributed by atoms with Gasteiger partial charge in [0, 0.05) is 37.4 Å². The Bertz CT molecular complexity index is 473. The average Bonchev–Trinajstić information content (AvgIpc) is 2.39. The van der Waals surface area contributed by atoms with Crippen LogP contribution in [0.25, 0.3) is 5.70 Å². The van der Waals surface area contributed by atoms with Crippen LogP contribution in [-0.2, 0) is 6.42 Å². The normalized spacial score (nSPS) is 20.5. The van der Waals surface area contributed by atoms with Crippen molar-refractivity contribution in [1.82, 2.24) is 9.80 Å². The Hall–Kier alpha value is -1.48. The molecule has 2 aliphatic rings. The van der Waals surface area contributed by atoms with Crippen LogP contribution in [0.2, 0.25) is 0 Å². The lowest BCUT2D eigenvalue weighted by atomic mass is 9.93. The number of allylic oxidation sites excluding steroid dienone is 1. The van der Waals surface area contributed by atoms with E-state index < -0.39 is 0 Å². The van der Waals surface area contributed by atoms with E-state index >= 15 is 0 Å². The van der Waals surface area contributed by atoms with Crippen LogP contribution in [0.4, 0.5) is 0 Å². The van der Waals surface area contributed by atoms with E-state index in [1.165, 1.54) is 16.8 Å². The molecule has 0 saturated carbocycles. The maximum Gasteiger partial charge on any atom is 0.116 e. The molecule has 0 aromatic heterocycles. The van der Waals surface area contributed by atoms with E-state index in [-0.39, 0.29) is 0 Å². The summed E-state index contributed by atoms with van der Waals surface area (Å²) < 4.78 is 0. The highest BCUT2D eigenvalue weighted by atomic mass is 16.3. The Morgan fingerprint density at radius 3 is 2.67 bits per heavy atom. The predicted octanol–water partition coefficient (Wildman–Crippen LogP) is 1.93. The third-order valence-corrected chi connectivity index (χ3v) is 3.96. The number of phenolic OH excluding ortho intramolecular Hbond substituents is 1. The average molecular weight is 244 g/mol. The molecule has 1 heterocycles. The summed E-state index contributed by atoms with van der Waals surface area (Å²) in [6, 6.07) is 5.78. The number of hydrogen-bond acceptors (Lipinski definition) is 3. The minimum Gasteiger partial charge on any atom is -0.508 e. The van der Waals surface area contributed by atoms with Crippen molar-refractivity contribution in [2.45, 2.75) is 12.8 Å². The Labute approximate surface area is 108 Å². The number of piperazine rings is 1. The second-order valence-electron chi connectivity index (χ2n) is 5.26. The molecule has 0 amide bonds. The number of fused-ring (bicyclic) bond motifs is 1. The molecular formula is C15H20N2O. The summed E-state index contributed by atoms with van der Waals surface area (Å²) in [5.74, 6) is 0.371. The summed E-state index contributed by atoms with van der Waals surface area (Å²) in [7, 11) is 2.17. The van der Waals surface area contributed by atoms with Crippen molar-refractivity contribution in [3.8, 4) is 5.75 Å². The van der Waals surface area contributed by atoms with Gasteiger partial charge in [-0.2, -0.15) is 0 Å². The van der Waals surface area contributed by atoms with Gasteiger partial charge in [0.15, 0.2) is 0 Å². The number of phenols is 1. The summed E-state index contributed by atoms with van der Waals surface area (Å²) in [4.78, 5) is 4.82. The minimum atomic E-state index is 0.371. The van der Waals surface area contributed by atoms with Gasteiger partial charge in [-0.15, -0.1) is 0 Å². The Balaban J connectivity index is 1.89. The fourth-order valence-corrected chi connectivity index (χ4v) is 2.84. The predicted molar refractivity (Wildman–Crippen MR) is 73.5 cm³/mol. The molecule has 0 unspecified atom stereocenters. The summed E-state index contributed by atoms with van der Waals surface area (Å²) >= 11 is 0. The van der Waals surface area contributed by atoms with Crippen LogP contribution in [0.3, 0.4) is 0 Å². The number of hydrogen-bond donors (Lipinski definition) is 1. The molecule has 0 atom stereocenters. The van der Waals surface area contributed by atoms with E-state index in [2.05, 4.69) is 29.0 Å². The number of likely N-dealkylation sites (N-methyl/N-ethyl adjacent to an activating group) is 1. The van der Waals surface area contributed by atoms with Gasteiger partial charge in [0.1, 0.15) is 5.75 Å². The first kappa shape index (κ1) is 11.6. The Morgan fingerprint density at radius 1 is 1.11 bits per heavy atom. The highest BCUT2D eigenvalue weighted by Gasteiger charge is 2.21. The second kappa shape index (κ2) is 4.65. The first-order valence-electron chi connectivity index (χ1n) is 6.70. The number of aryl methyl sites for hydroxylation is 1.